The normalized spacial score (nSPS) is 5.42. The molecule has 0 saturated carbocycles. The zero-order valence-corrected chi connectivity index (χ0v) is 7.84. The first kappa shape index (κ1) is 16.9. The third-order valence-electron chi connectivity index (χ3n) is 0.545. The van der Waals surface area contributed by atoms with Crippen LogP contribution in [0.2, 0.25) is 0 Å². The summed E-state index contributed by atoms with van der Waals surface area (Å²) in [5.74, 6) is 0. The summed E-state index contributed by atoms with van der Waals surface area (Å²) in [7, 11) is 6.02. The second-order valence-corrected chi connectivity index (χ2v) is 1.14. The topological polar surface area (TPSA) is 96.6 Å². The van der Waals surface area contributed by atoms with Crippen LogP contribution in [-0.4, -0.2) is 40.3 Å². The molecule has 0 rings (SSSR count). The highest BCUT2D eigenvalue weighted by Crippen LogP contribution is 1.48. The third kappa shape index (κ3) is 38.3. The molecule has 0 saturated heterocycles. The molecule has 0 aromatic rings. The maximum atomic E-state index is 9.96. The molecule has 0 unspecified atom stereocenters. The zero-order chi connectivity index (χ0) is 10.4. The predicted molar refractivity (Wildman–Crippen MR) is 47.7 cm³/mol. The minimum Gasteiger partial charge on any atom is -0.341 e. The minimum absolute atomic E-state index is 0.157. The molecule has 12 heavy (non-hydrogen) atoms. The molecule has 0 heterocycles. The van der Waals surface area contributed by atoms with E-state index in [-0.39, 0.29) is 6.03 Å². The molecule has 0 aliphatic carbocycles. The highest BCUT2D eigenvalue weighted by atomic mass is 16.2. The first-order valence-electron chi connectivity index (χ1n) is 3.16. The molecular formula is C6H16N4O2. The maximum absolute atomic E-state index is 9.96. The van der Waals surface area contributed by atoms with Gasteiger partial charge in [-0.25, -0.2) is 14.6 Å². The van der Waals surface area contributed by atoms with Gasteiger partial charge in [-0.05, 0) is 7.05 Å². The zero-order valence-electron chi connectivity index (χ0n) is 7.84. The molecule has 0 atom stereocenters. The Kier molecular flexibility index (Phi) is 31.9. The summed E-state index contributed by atoms with van der Waals surface area (Å²) >= 11 is 0. The second kappa shape index (κ2) is 22.6. The van der Waals surface area contributed by atoms with E-state index in [0.29, 0.717) is 0 Å². The predicted octanol–water partition coefficient (Wildman–Crippen LogP) is -0.928. The molecular weight excluding hydrogens is 160 g/mol. The molecule has 0 aliphatic rings. The van der Waals surface area contributed by atoms with Crippen LogP contribution >= 0.6 is 0 Å². The minimum atomic E-state index is -0.157. The van der Waals surface area contributed by atoms with Crippen LogP contribution in [0.1, 0.15) is 0 Å². The van der Waals surface area contributed by atoms with E-state index in [1.807, 2.05) is 0 Å². The molecule has 0 bridgehead atoms. The van der Waals surface area contributed by atoms with E-state index in [2.05, 4.69) is 21.4 Å². The van der Waals surface area contributed by atoms with Crippen molar-refractivity contribution >= 4 is 12.1 Å². The van der Waals surface area contributed by atoms with Crippen LogP contribution in [0, 0.1) is 0 Å². The van der Waals surface area contributed by atoms with E-state index in [4.69, 9.17) is 4.79 Å². The monoisotopic (exact) mass is 176 g/mol. The first-order valence-corrected chi connectivity index (χ1v) is 3.16. The molecule has 0 spiro atoms. The van der Waals surface area contributed by atoms with Gasteiger partial charge in [0.1, 0.15) is 0 Å². The highest BCUT2D eigenvalue weighted by Gasteiger charge is 1.81. The van der Waals surface area contributed by atoms with E-state index in [0.717, 1.165) is 0 Å². The van der Waals surface area contributed by atoms with Crippen molar-refractivity contribution in [3.05, 3.63) is 0 Å². The molecule has 4 N–H and O–H groups in total. The number of nitrogens with two attached hydrogens (primary N) is 1. The smallest absolute Gasteiger partial charge is 0.314 e. The van der Waals surface area contributed by atoms with Gasteiger partial charge in [0.15, 0.2) is 0 Å². The fourth-order valence-electron chi connectivity index (χ4n) is 0.125. The van der Waals surface area contributed by atoms with Crippen molar-refractivity contribution in [1.29, 1.82) is 0 Å². The molecule has 72 valence electrons. The fraction of sp³-hybridized carbons (Fsp3) is 0.667. The number of rotatable bonds is 0. The molecule has 0 fully saturated rings. The number of urea groups is 1. The number of hydrogen-bond acceptors (Lipinski definition) is 4. The largest absolute Gasteiger partial charge is 0.341 e. The van der Waals surface area contributed by atoms with Gasteiger partial charge in [0, 0.05) is 21.1 Å². The summed E-state index contributed by atoms with van der Waals surface area (Å²) < 4.78 is 0. The molecule has 6 nitrogen and oxygen atoms in total. The third-order valence-corrected chi connectivity index (χ3v) is 0.545. The number of carbonyl (C=O) groups excluding carboxylic acids is 2. The van der Waals surface area contributed by atoms with Crippen LogP contribution in [0.5, 0.6) is 0 Å². The number of nitrogens with zero attached hydrogens (tertiary/aromatic N) is 1. The summed E-state index contributed by atoms with van der Waals surface area (Å²) in [5, 5.41) is 4.73. The summed E-state index contributed by atoms with van der Waals surface area (Å²) in [6.45, 7) is 0. The molecule has 0 aliphatic heterocycles. The standard InChI is InChI=1S/C3H8N2O.C2H3NO.CH5N/c1-4-3(6)5-2;1-3-2-4;1-2/h1-2H3,(H2,4,5,6);1H3;2H2,1H3. The molecule has 6 heteroatoms. The average molecular weight is 176 g/mol. The van der Waals surface area contributed by atoms with Crippen LogP contribution in [-0.2, 0) is 4.79 Å². The van der Waals surface area contributed by atoms with Crippen molar-refractivity contribution in [1.82, 2.24) is 10.6 Å². The van der Waals surface area contributed by atoms with Crippen LogP contribution in [0.4, 0.5) is 4.79 Å². The van der Waals surface area contributed by atoms with Crippen molar-refractivity contribution < 1.29 is 9.59 Å². The first-order chi connectivity index (χ1) is 5.72. The summed E-state index contributed by atoms with van der Waals surface area (Å²) in [6, 6.07) is -0.157. The summed E-state index contributed by atoms with van der Waals surface area (Å²) in [6.07, 6.45) is 1.31. The van der Waals surface area contributed by atoms with Gasteiger partial charge in [0.2, 0.25) is 6.08 Å². The lowest BCUT2D eigenvalue weighted by atomic mass is 11.0. The van der Waals surface area contributed by atoms with Gasteiger partial charge in [0.25, 0.3) is 0 Å². The number of carbonyl (C=O) groups is 1. The Balaban J connectivity index is -0.000000118. The van der Waals surface area contributed by atoms with E-state index in [9.17, 15) is 4.79 Å². The van der Waals surface area contributed by atoms with Crippen LogP contribution < -0.4 is 16.4 Å². The van der Waals surface area contributed by atoms with Crippen molar-refractivity contribution in [2.75, 3.05) is 28.2 Å². The van der Waals surface area contributed by atoms with Crippen molar-refractivity contribution in [3.63, 3.8) is 0 Å². The van der Waals surface area contributed by atoms with Crippen LogP contribution in [0.25, 0.3) is 0 Å². The van der Waals surface area contributed by atoms with Crippen LogP contribution in [0.3, 0.4) is 0 Å². The molecule has 0 aromatic carbocycles. The maximum Gasteiger partial charge on any atom is 0.314 e. The summed E-state index contributed by atoms with van der Waals surface area (Å²) in [4.78, 5) is 21.8. The Labute approximate surface area is 72.2 Å². The van der Waals surface area contributed by atoms with Gasteiger partial charge in [-0.15, -0.1) is 0 Å². The molecule has 2 amide bonds. The van der Waals surface area contributed by atoms with Crippen molar-refractivity contribution in [2.24, 2.45) is 10.7 Å². The lowest BCUT2D eigenvalue weighted by Gasteiger charge is -1.91. The highest BCUT2D eigenvalue weighted by molar-refractivity contribution is 5.72. The number of nitrogens with one attached hydrogen (secondary N) is 2. The van der Waals surface area contributed by atoms with Gasteiger partial charge in [-0.2, -0.15) is 0 Å². The number of aliphatic imine (C=N–C) groups is 1. The van der Waals surface area contributed by atoms with E-state index < -0.39 is 0 Å². The van der Waals surface area contributed by atoms with E-state index in [1.165, 1.54) is 20.2 Å². The van der Waals surface area contributed by atoms with Gasteiger partial charge in [-0.1, -0.05) is 0 Å². The average Bonchev–Trinajstić information content (AvgIpc) is 2.20. The Morgan fingerprint density at radius 2 is 1.58 bits per heavy atom. The second-order valence-electron chi connectivity index (χ2n) is 1.14. The van der Waals surface area contributed by atoms with Crippen LogP contribution in [0.15, 0.2) is 4.99 Å². The van der Waals surface area contributed by atoms with E-state index >= 15 is 0 Å². The SMILES string of the molecule is CN.CN=C=O.CNC(=O)NC. The number of amides is 2. The van der Waals surface area contributed by atoms with Gasteiger partial charge < -0.3 is 16.4 Å². The van der Waals surface area contributed by atoms with Crippen molar-refractivity contribution in [3.8, 4) is 0 Å². The Bertz CT molecular complexity index is 126. The lowest BCUT2D eigenvalue weighted by molar-refractivity contribution is 0.245. The molecule has 0 aromatic heterocycles. The lowest BCUT2D eigenvalue weighted by Crippen LogP contribution is -2.28. The number of isocyanates is 1. The molecule has 0 radical (unpaired) electrons. The van der Waals surface area contributed by atoms with E-state index in [1.54, 1.807) is 14.1 Å². The Morgan fingerprint density at radius 3 is 1.58 bits per heavy atom. The van der Waals surface area contributed by atoms with Gasteiger partial charge >= 0.3 is 6.03 Å². The quantitative estimate of drug-likeness (QED) is 0.328. The summed E-state index contributed by atoms with van der Waals surface area (Å²) in [5.41, 5.74) is 4.50. The van der Waals surface area contributed by atoms with Gasteiger partial charge in [-0.3, -0.25) is 0 Å². The Hall–Kier alpha value is -1.39. The fourth-order valence-corrected chi connectivity index (χ4v) is 0.125. The number of hydrogen-bond donors (Lipinski definition) is 3. The van der Waals surface area contributed by atoms with Crippen molar-refractivity contribution in [2.45, 2.75) is 0 Å². The van der Waals surface area contributed by atoms with Gasteiger partial charge in [0.05, 0.1) is 0 Å². The Morgan fingerprint density at radius 1 is 1.33 bits per heavy atom.